The minimum absolute atomic E-state index is 0.217. The maximum atomic E-state index is 13.9. The molecule has 0 saturated carbocycles. The number of H-pyrrole nitrogens is 1. The summed E-state index contributed by atoms with van der Waals surface area (Å²) in [6, 6.07) is 19.1. The largest absolute Gasteiger partial charge is 0.497 e. The van der Waals surface area contributed by atoms with Gasteiger partial charge >= 0.3 is 0 Å². The summed E-state index contributed by atoms with van der Waals surface area (Å²) in [5.74, 6) is 0.341. The van der Waals surface area contributed by atoms with Crippen molar-refractivity contribution in [1.29, 1.82) is 0 Å². The van der Waals surface area contributed by atoms with Gasteiger partial charge in [-0.1, -0.05) is 13.0 Å². The Morgan fingerprint density at radius 3 is 2.22 bits per heavy atom. The molecule has 0 atom stereocenters. The fourth-order valence-electron chi connectivity index (χ4n) is 4.73. The van der Waals surface area contributed by atoms with Crippen LogP contribution in [0.1, 0.15) is 12.5 Å². The maximum absolute atomic E-state index is 13.9. The second kappa shape index (κ2) is 9.78. The highest BCUT2D eigenvalue weighted by atomic mass is 32.2. The number of aryl methyl sites for hydroxylation is 1. The van der Waals surface area contributed by atoms with Gasteiger partial charge in [0, 0.05) is 37.9 Å². The summed E-state index contributed by atoms with van der Waals surface area (Å²) in [6.45, 7) is 4.75. The molecule has 36 heavy (non-hydrogen) atoms. The van der Waals surface area contributed by atoms with Crippen molar-refractivity contribution in [1.82, 2.24) is 0 Å². The minimum atomic E-state index is -3.81. The summed E-state index contributed by atoms with van der Waals surface area (Å²) in [4.78, 5) is 8.04. The van der Waals surface area contributed by atoms with Crippen LogP contribution in [0.2, 0.25) is 0 Å². The van der Waals surface area contributed by atoms with Crippen LogP contribution in [0.3, 0.4) is 0 Å². The third kappa shape index (κ3) is 4.48. The van der Waals surface area contributed by atoms with Crippen LogP contribution in [0.5, 0.6) is 5.75 Å². The van der Waals surface area contributed by atoms with Crippen LogP contribution in [0.4, 0.5) is 15.8 Å². The van der Waals surface area contributed by atoms with Crippen molar-refractivity contribution in [2.75, 3.05) is 43.1 Å². The predicted octanol–water partition coefficient (Wildman–Crippen LogP) is 4.52. The van der Waals surface area contributed by atoms with Crippen LogP contribution in [0.25, 0.3) is 10.9 Å². The fraction of sp³-hybridized carbons (Fsp3) is 0.250. The first-order chi connectivity index (χ1) is 17.4. The van der Waals surface area contributed by atoms with Crippen molar-refractivity contribution < 1.29 is 22.5 Å². The first kappa shape index (κ1) is 24.1. The van der Waals surface area contributed by atoms with Gasteiger partial charge < -0.3 is 14.5 Å². The van der Waals surface area contributed by atoms with Gasteiger partial charge in [-0.05, 0) is 66.6 Å². The van der Waals surface area contributed by atoms with Gasteiger partial charge in [0.2, 0.25) is 15.4 Å². The second-order valence-corrected chi connectivity index (χ2v) is 10.8. The zero-order valence-electron chi connectivity index (χ0n) is 20.4. The number of nitrogens with zero attached hydrogens (tertiary/aromatic N) is 2. The Kier molecular flexibility index (Phi) is 6.53. The molecule has 1 aromatic heterocycles. The number of pyridine rings is 1. The first-order valence-electron chi connectivity index (χ1n) is 12.0. The highest BCUT2D eigenvalue weighted by Crippen LogP contribution is 2.36. The molecule has 2 heterocycles. The topological polar surface area (TPSA) is 64.0 Å². The van der Waals surface area contributed by atoms with Crippen LogP contribution in [-0.2, 0) is 16.3 Å². The molecule has 5 rings (SSSR count). The molecule has 0 amide bonds. The number of ether oxygens (including phenoxy) is 1. The second-order valence-electron chi connectivity index (χ2n) is 8.86. The number of benzene rings is 3. The summed E-state index contributed by atoms with van der Waals surface area (Å²) in [6.07, 6.45) is 2.46. The number of nitrogens with one attached hydrogen (secondary N) is 1. The monoisotopic (exact) mass is 506 g/mol. The summed E-state index contributed by atoms with van der Waals surface area (Å²) in [5, 5.41) is 0.888. The van der Waals surface area contributed by atoms with E-state index in [0.717, 1.165) is 28.6 Å². The number of rotatable bonds is 6. The first-order valence-corrected chi connectivity index (χ1v) is 13.5. The lowest BCUT2D eigenvalue weighted by Crippen LogP contribution is -2.47. The minimum Gasteiger partial charge on any atom is -0.497 e. The summed E-state index contributed by atoms with van der Waals surface area (Å²) in [5.41, 5.74) is 3.70. The van der Waals surface area contributed by atoms with E-state index in [2.05, 4.69) is 33.8 Å². The van der Waals surface area contributed by atoms with Gasteiger partial charge in [-0.3, -0.25) is 0 Å². The van der Waals surface area contributed by atoms with Gasteiger partial charge in [0.1, 0.15) is 11.6 Å². The van der Waals surface area contributed by atoms with Crippen molar-refractivity contribution in [2.24, 2.45) is 0 Å². The van der Waals surface area contributed by atoms with Crippen LogP contribution in [0, 0.1) is 5.82 Å². The normalized spacial score (nSPS) is 14.3. The van der Waals surface area contributed by atoms with E-state index in [1.54, 1.807) is 49.7 Å². The molecule has 4 aromatic rings. The molecule has 1 aliphatic heterocycles. The van der Waals surface area contributed by atoms with Gasteiger partial charge in [-0.15, -0.1) is 0 Å². The fourth-order valence-corrected chi connectivity index (χ4v) is 6.19. The van der Waals surface area contributed by atoms with Crippen molar-refractivity contribution in [3.8, 4) is 5.75 Å². The van der Waals surface area contributed by atoms with Gasteiger partial charge in [-0.2, -0.15) is 0 Å². The number of methoxy groups -OCH3 is 1. The molecule has 3 aromatic carbocycles. The average molecular weight is 507 g/mol. The Morgan fingerprint density at radius 1 is 0.917 bits per heavy atom. The number of fused-ring (bicyclic) bond motifs is 1. The van der Waals surface area contributed by atoms with E-state index in [-0.39, 0.29) is 15.6 Å². The molecular weight excluding hydrogens is 477 g/mol. The molecule has 1 N–H and O–H groups in total. The number of piperazine rings is 1. The van der Waals surface area contributed by atoms with E-state index in [0.29, 0.717) is 37.6 Å². The highest BCUT2D eigenvalue weighted by Gasteiger charge is 2.31. The van der Waals surface area contributed by atoms with E-state index in [1.807, 2.05) is 6.07 Å². The van der Waals surface area contributed by atoms with Crippen molar-refractivity contribution in [3.63, 3.8) is 0 Å². The molecule has 0 bridgehead atoms. The van der Waals surface area contributed by atoms with Crippen LogP contribution in [-0.4, -0.2) is 41.7 Å². The predicted molar refractivity (Wildman–Crippen MR) is 139 cm³/mol. The Hall–Kier alpha value is -3.65. The van der Waals surface area contributed by atoms with Gasteiger partial charge in [0.25, 0.3) is 0 Å². The van der Waals surface area contributed by atoms with Gasteiger partial charge in [0.15, 0.2) is 11.1 Å². The number of sulfone groups is 1. The standard InChI is InChI=1S/C28H28FN3O3S/c1-3-20-4-13-26-25(18-20)28(32-16-14-31(15-17-32)22-7-5-21(29)6-8-22)27(19-30-26)36(33,34)24-11-9-23(35-2)10-12-24/h4-13,18-19H,3,14-17H2,1-2H3/p+1. The molecule has 6 nitrogen and oxygen atoms in total. The van der Waals surface area contributed by atoms with E-state index >= 15 is 0 Å². The Bertz CT molecular complexity index is 1480. The van der Waals surface area contributed by atoms with Crippen molar-refractivity contribution in [3.05, 3.63) is 84.3 Å². The number of aromatic amines is 1. The molecule has 1 saturated heterocycles. The zero-order chi connectivity index (χ0) is 25.3. The van der Waals surface area contributed by atoms with E-state index in [1.165, 1.54) is 12.1 Å². The number of hydrogen-bond donors (Lipinski definition) is 0. The number of aromatic nitrogens is 1. The Labute approximate surface area is 210 Å². The number of halogens is 1. The Morgan fingerprint density at radius 2 is 1.58 bits per heavy atom. The van der Waals surface area contributed by atoms with Gasteiger partial charge in [0.05, 0.1) is 23.1 Å². The lowest BCUT2D eigenvalue weighted by atomic mass is 10.1. The van der Waals surface area contributed by atoms with Crippen LogP contribution < -0.4 is 19.5 Å². The molecule has 1 fully saturated rings. The van der Waals surface area contributed by atoms with Crippen LogP contribution >= 0.6 is 0 Å². The highest BCUT2D eigenvalue weighted by molar-refractivity contribution is 7.91. The molecule has 8 heteroatoms. The molecular formula is C28H29FN3O3S+. The lowest BCUT2D eigenvalue weighted by Gasteiger charge is -2.38. The molecule has 0 unspecified atom stereocenters. The number of hydrogen-bond acceptors (Lipinski definition) is 5. The SMILES string of the molecule is CCc1ccc2[nH+]cc(S(=O)(=O)c3ccc(OC)cc3)c(N3CCN(c4ccc(F)cc4)CC3)c2c1. The van der Waals surface area contributed by atoms with Gasteiger partial charge in [-0.25, -0.2) is 17.8 Å². The zero-order valence-corrected chi connectivity index (χ0v) is 21.2. The summed E-state index contributed by atoms with van der Waals surface area (Å²) >= 11 is 0. The summed E-state index contributed by atoms with van der Waals surface area (Å²) < 4.78 is 46.4. The summed E-state index contributed by atoms with van der Waals surface area (Å²) in [7, 11) is -2.26. The van der Waals surface area contributed by atoms with Crippen LogP contribution in [0.15, 0.2) is 82.7 Å². The van der Waals surface area contributed by atoms with E-state index in [9.17, 15) is 12.8 Å². The number of anilines is 2. The average Bonchev–Trinajstić information content (AvgIpc) is 2.92. The molecule has 0 aliphatic carbocycles. The van der Waals surface area contributed by atoms with E-state index < -0.39 is 9.84 Å². The van der Waals surface area contributed by atoms with Crippen molar-refractivity contribution in [2.45, 2.75) is 23.1 Å². The smallest absolute Gasteiger partial charge is 0.214 e. The third-order valence-electron chi connectivity index (χ3n) is 6.79. The quantitative estimate of drug-likeness (QED) is 0.385. The van der Waals surface area contributed by atoms with Crippen molar-refractivity contribution >= 4 is 32.1 Å². The van der Waals surface area contributed by atoms with E-state index in [4.69, 9.17) is 4.74 Å². The molecule has 1 aliphatic rings. The maximum Gasteiger partial charge on any atom is 0.214 e. The third-order valence-corrected chi connectivity index (χ3v) is 8.57. The molecule has 0 spiro atoms. The molecule has 186 valence electrons. The lowest BCUT2D eigenvalue weighted by molar-refractivity contribution is -0.347. The Balaban J connectivity index is 1.58. The molecule has 0 radical (unpaired) electrons.